The molecule has 1 aliphatic heterocycles. The van der Waals surface area contributed by atoms with Crippen LogP contribution < -0.4 is 15.2 Å². The molecule has 106 valence electrons. The molecular formula is C14H13BrClNO2S. The lowest BCUT2D eigenvalue weighted by molar-refractivity contribution is 0.297. The molecule has 0 fully saturated rings. The Morgan fingerprint density at radius 2 is 1.90 bits per heavy atom. The molecule has 1 unspecified atom stereocenters. The standard InChI is InChI=1S/C14H13BrClNO2S/c15-13-3-2-12(20-13)14(17)8-6-10-11(7-9(8)16)19-5-1-4-18-10/h2-3,6-7,14H,1,4-5,17H2. The quantitative estimate of drug-likeness (QED) is 0.848. The SMILES string of the molecule is NC(c1ccc(Br)s1)c1cc2c(cc1Cl)OCCCO2. The van der Waals surface area contributed by atoms with Gasteiger partial charge >= 0.3 is 0 Å². The summed E-state index contributed by atoms with van der Waals surface area (Å²) in [6.07, 6.45) is 0.867. The van der Waals surface area contributed by atoms with Crippen molar-refractivity contribution in [3.8, 4) is 11.5 Å². The molecule has 0 radical (unpaired) electrons. The summed E-state index contributed by atoms with van der Waals surface area (Å²) in [6, 6.07) is 7.40. The molecule has 3 rings (SSSR count). The third-order valence-corrected chi connectivity index (χ3v) is 5.14. The van der Waals surface area contributed by atoms with Crippen molar-refractivity contribution >= 4 is 38.9 Å². The fourth-order valence-corrected chi connectivity index (χ4v) is 3.80. The van der Waals surface area contributed by atoms with Crippen LogP contribution in [0.25, 0.3) is 0 Å². The number of hydrogen-bond donors (Lipinski definition) is 1. The number of nitrogens with two attached hydrogens (primary N) is 1. The molecule has 1 aromatic heterocycles. The van der Waals surface area contributed by atoms with E-state index in [4.69, 9.17) is 26.8 Å². The van der Waals surface area contributed by atoms with Crippen LogP contribution in [0.3, 0.4) is 0 Å². The Hall–Kier alpha value is -0.750. The first kappa shape index (κ1) is 14.2. The normalized spacial score (nSPS) is 15.8. The summed E-state index contributed by atoms with van der Waals surface area (Å²) in [6.45, 7) is 1.29. The van der Waals surface area contributed by atoms with Gasteiger partial charge in [0.15, 0.2) is 11.5 Å². The molecular weight excluding hydrogens is 362 g/mol. The molecule has 2 aromatic rings. The van der Waals surface area contributed by atoms with Gasteiger partial charge in [0.25, 0.3) is 0 Å². The highest BCUT2D eigenvalue weighted by Gasteiger charge is 2.19. The summed E-state index contributed by atoms with van der Waals surface area (Å²) < 4.78 is 12.4. The Bertz CT molecular complexity index is 632. The summed E-state index contributed by atoms with van der Waals surface area (Å²) in [5, 5.41) is 0.603. The van der Waals surface area contributed by atoms with Gasteiger partial charge in [0.2, 0.25) is 0 Å². The molecule has 20 heavy (non-hydrogen) atoms. The molecule has 0 amide bonds. The number of fused-ring (bicyclic) bond motifs is 1. The van der Waals surface area contributed by atoms with Crippen molar-refractivity contribution in [2.45, 2.75) is 12.5 Å². The smallest absolute Gasteiger partial charge is 0.162 e. The highest BCUT2D eigenvalue weighted by Crippen LogP contribution is 2.39. The van der Waals surface area contributed by atoms with Crippen LogP contribution in [0.1, 0.15) is 22.9 Å². The molecule has 2 heterocycles. The van der Waals surface area contributed by atoms with E-state index >= 15 is 0 Å². The molecule has 1 aliphatic rings. The zero-order valence-electron chi connectivity index (χ0n) is 10.6. The lowest BCUT2D eigenvalue weighted by Crippen LogP contribution is -2.11. The van der Waals surface area contributed by atoms with Crippen LogP contribution in [-0.2, 0) is 0 Å². The van der Waals surface area contributed by atoms with E-state index in [-0.39, 0.29) is 6.04 Å². The van der Waals surface area contributed by atoms with Gasteiger partial charge < -0.3 is 15.2 Å². The maximum atomic E-state index is 6.34. The molecule has 0 saturated carbocycles. The second-order valence-corrected chi connectivity index (χ2v) is 7.39. The molecule has 0 aliphatic carbocycles. The van der Waals surface area contributed by atoms with Gasteiger partial charge in [-0.25, -0.2) is 0 Å². The number of hydrogen-bond acceptors (Lipinski definition) is 4. The van der Waals surface area contributed by atoms with Crippen molar-refractivity contribution in [2.24, 2.45) is 5.73 Å². The third kappa shape index (κ3) is 2.81. The number of ether oxygens (including phenoxy) is 2. The van der Waals surface area contributed by atoms with Gasteiger partial charge in [-0.05, 0) is 39.7 Å². The Morgan fingerprint density at radius 3 is 2.55 bits per heavy atom. The van der Waals surface area contributed by atoms with Gasteiger partial charge in [-0.3, -0.25) is 0 Å². The van der Waals surface area contributed by atoms with Gasteiger partial charge in [0, 0.05) is 22.4 Å². The van der Waals surface area contributed by atoms with E-state index in [1.807, 2.05) is 18.2 Å². The topological polar surface area (TPSA) is 44.5 Å². The predicted molar refractivity (Wildman–Crippen MR) is 85.1 cm³/mol. The van der Waals surface area contributed by atoms with Gasteiger partial charge in [0.1, 0.15) is 0 Å². The van der Waals surface area contributed by atoms with Gasteiger partial charge in [-0.1, -0.05) is 11.6 Å². The molecule has 1 aromatic carbocycles. The van der Waals surface area contributed by atoms with Crippen molar-refractivity contribution in [1.82, 2.24) is 0 Å². The van der Waals surface area contributed by atoms with Crippen LogP contribution in [0.2, 0.25) is 5.02 Å². The minimum Gasteiger partial charge on any atom is -0.490 e. The lowest BCUT2D eigenvalue weighted by Gasteiger charge is -2.15. The second kappa shape index (κ2) is 5.93. The summed E-state index contributed by atoms with van der Waals surface area (Å²) in [7, 11) is 0. The van der Waals surface area contributed by atoms with Crippen LogP contribution in [0, 0.1) is 0 Å². The first-order valence-corrected chi connectivity index (χ1v) is 8.24. The minimum absolute atomic E-state index is 0.268. The molecule has 0 spiro atoms. The number of benzene rings is 1. The maximum Gasteiger partial charge on any atom is 0.162 e. The molecule has 0 saturated heterocycles. The van der Waals surface area contributed by atoms with E-state index in [9.17, 15) is 0 Å². The number of rotatable bonds is 2. The van der Waals surface area contributed by atoms with Crippen molar-refractivity contribution in [2.75, 3.05) is 13.2 Å². The van der Waals surface area contributed by atoms with Crippen LogP contribution >= 0.6 is 38.9 Å². The fraction of sp³-hybridized carbons (Fsp3) is 0.286. The molecule has 0 bridgehead atoms. The summed E-state index contributed by atoms with van der Waals surface area (Å²) in [4.78, 5) is 1.05. The van der Waals surface area contributed by atoms with Crippen molar-refractivity contribution < 1.29 is 9.47 Å². The Kier molecular flexibility index (Phi) is 4.21. The summed E-state index contributed by atoms with van der Waals surface area (Å²) in [5.41, 5.74) is 7.16. The average Bonchev–Trinajstić information content (AvgIpc) is 2.73. The number of halogens is 2. The van der Waals surface area contributed by atoms with Crippen molar-refractivity contribution in [1.29, 1.82) is 0 Å². The molecule has 6 heteroatoms. The predicted octanol–water partition coefficient (Wildman–Crippen LogP) is 4.37. The zero-order valence-corrected chi connectivity index (χ0v) is 13.7. The van der Waals surface area contributed by atoms with Crippen molar-refractivity contribution in [3.05, 3.63) is 43.5 Å². The van der Waals surface area contributed by atoms with Crippen LogP contribution in [0.4, 0.5) is 0 Å². The van der Waals surface area contributed by atoms with Gasteiger partial charge in [0.05, 0.1) is 23.0 Å². The first-order chi connectivity index (χ1) is 9.65. The summed E-state index contributed by atoms with van der Waals surface area (Å²) >= 11 is 11.4. The van der Waals surface area contributed by atoms with Gasteiger partial charge in [-0.15, -0.1) is 11.3 Å². The van der Waals surface area contributed by atoms with E-state index in [2.05, 4.69) is 15.9 Å². The fourth-order valence-electron chi connectivity index (χ4n) is 2.09. The zero-order chi connectivity index (χ0) is 14.1. The average molecular weight is 375 g/mol. The second-order valence-electron chi connectivity index (χ2n) is 4.49. The van der Waals surface area contributed by atoms with Crippen LogP contribution in [0.5, 0.6) is 11.5 Å². The van der Waals surface area contributed by atoms with E-state index in [1.54, 1.807) is 17.4 Å². The molecule has 1 atom stereocenters. The highest BCUT2D eigenvalue weighted by molar-refractivity contribution is 9.11. The Balaban J connectivity index is 1.99. The highest BCUT2D eigenvalue weighted by atomic mass is 79.9. The van der Waals surface area contributed by atoms with E-state index in [0.29, 0.717) is 29.7 Å². The lowest BCUT2D eigenvalue weighted by atomic mass is 10.1. The Morgan fingerprint density at radius 1 is 1.20 bits per heavy atom. The van der Waals surface area contributed by atoms with E-state index in [1.165, 1.54) is 0 Å². The molecule has 3 nitrogen and oxygen atoms in total. The Labute approximate surface area is 134 Å². The van der Waals surface area contributed by atoms with Crippen molar-refractivity contribution in [3.63, 3.8) is 0 Å². The van der Waals surface area contributed by atoms with Crippen LogP contribution in [0.15, 0.2) is 28.1 Å². The third-order valence-electron chi connectivity index (χ3n) is 3.10. The summed E-state index contributed by atoms with van der Waals surface area (Å²) in [5.74, 6) is 1.41. The first-order valence-electron chi connectivity index (χ1n) is 6.25. The van der Waals surface area contributed by atoms with E-state index in [0.717, 1.165) is 20.6 Å². The maximum absolute atomic E-state index is 6.34. The van der Waals surface area contributed by atoms with Gasteiger partial charge in [-0.2, -0.15) is 0 Å². The van der Waals surface area contributed by atoms with E-state index < -0.39 is 0 Å². The van der Waals surface area contributed by atoms with Crippen LogP contribution in [-0.4, -0.2) is 13.2 Å². The molecule has 2 N–H and O–H groups in total. The minimum atomic E-state index is -0.268. The number of thiophene rings is 1. The monoisotopic (exact) mass is 373 g/mol. The largest absolute Gasteiger partial charge is 0.490 e.